The molecule has 0 saturated carbocycles. The van der Waals surface area contributed by atoms with Gasteiger partial charge in [-0.05, 0) is 47.7 Å². The van der Waals surface area contributed by atoms with E-state index in [1.54, 1.807) is 13.3 Å². The van der Waals surface area contributed by atoms with Crippen molar-refractivity contribution in [1.29, 1.82) is 0 Å². The molecule has 4 N–H and O–H groups in total. The molecule has 19 heavy (non-hydrogen) atoms. The predicted molar refractivity (Wildman–Crippen MR) is 78.4 cm³/mol. The molecule has 1 aromatic rings. The van der Waals surface area contributed by atoms with Gasteiger partial charge in [-0.2, -0.15) is 5.10 Å². The second kappa shape index (κ2) is 5.75. The molecule has 0 aromatic heterocycles. The molecule has 0 atom stereocenters. The number of methoxy groups -OCH3 is 1. The standard InChI is InChI=1S/C13H15ClN4O/c1-19-10-4-5-11-8(6-10)2-3-9(12(11)14)7-17-18-13(15)16/h4-7H,2-3H2,1H3,(H4,15,16,18)/b17-7+. The van der Waals surface area contributed by atoms with E-state index < -0.39 is 0 Å². The maximum absolute atomic E-state index is 6.36. The van der Waals surface area contributed by atoms with Gasteiger partial charge >= 0.3 is 0 Å². The van der Waals surface area contributed by atoms with Crippen molar-refractivity contribution < 1.29 is 4.74 Å². The highest BCUT2D eigenvalue weighted by Crippen LogP contribution is 2.35. The van der Waals surface area contributed by atoms with Crippen molar-refractivity contribution >= 4 is 28.8 Å². The molecule has 0 heterocycles. The van der Waals surface area contributed by atoms with Gasteiger partial charge in [0.1, 0.15) is 5.75 Å². The van der Waals surface area contributed by atoms with Crippen LogP contribution >= 0.6 is 11.6 Å². The number of halogens is 1. The van der Waals surface area contributed by atoms with Gasteiger partial charge in [-0.15, -0.1) is 5.10 Å². The zero-order chi connectivity index (χ0) is 13.8. The van der Waals surface area contributed by atoms with Gasteiger partial charge in [-0.3, -0.25) is 0 Å². The number of nitrogens with zero attached hydrogens (tertiary/aromatic N) is 2. The third-order valence-electron chi connectivity index (χ3n) is 2.88. The minimum absolute atomic E-state index is 0.0751. The lowest BCUT2D eigenvalue weighted by atomic mass is 9.92. The summed E-state index contributed by atoms with van der Waals surface area (Å²) in [6.07, 6.45) is 3.27. The summed E-state index contributed by atoms with van der Waals surface area (Å²) in [6, 6.07) is 5.84. The van der Waals surface area contributed by atoms with E-state index in [0.29, 0.717) is 5.03 Å². The van der Waals surface area contributed by atoms with E-state index in [1.807, 2.05) is 18.2 Å². The first kappa shape index (κ1) is 13.4. The number of aryl methyl sites for hydroxylation is 1. The van der Waals surface area contributed by atoms with Crippen LogP contribution in [0.5, 0.6) is 5.75 Å². The number of benzene rings is 1. The van der Waals surface area contributed by atoms with Gasteiger partial charge in [0.25, 0.3) is 0 Å². The Morgan fingerprint density at radius 1 is 1.37 bits per heavy atom. The molecule has 6 heteroatoms. The van der Waals surface area contributed by atoms with Crippen molar-refractivity contribution in [3.8, 4) is 5.75 Å². The smallest absolute Gasteiger partial charge is 0.211 e. The fourth-order valence-corrected chi connectivity index (χ4v) is 2.28. The molecule has 0 spiro atoms. The molecule has 5 nitrogen and oxygen atoms in total. The van der Waals surface area contributed by atoms with E-state index in [2.05, 4.69) is 10.2 Å². The van der Waals surface area contributed by atoms with E-state index in [9.17, 15) is 0 Å². The molecule has 100 valence electrons. The van der Waals surface area contributed by atoms with Crippen molar-refractivity contribution in [2.24, 2.45) is 21.7 Å². The molecule has 0 aliphatic heterocycles. The molecule has 0 amide bonds. The number of hydrogen-bond donors (Lipinski definition) is 2. The molecule has 1 aliphatic carbocycles. The van der Waals surface area contributed by atoms with Gasteiger partial charge in [0, 0.05) is 0 Å². The Balaban J connectivity index is 2.32. The summed E-state index contributed by atoms with van der Waals surface area (Å²) in [5.41, 5.74) is 13.5. The number of nitrogens with two attached hydrogens (primary N) is 2. The number of hydrogen-bond acceptors (Lipinski definition) is 3. The third kappa shape index (κ3) is 3.06. The van der Waals surface area contributed by atoms with Crippen LogP contribution in [0, 0.1) is 0 Å². The summed E-state index contributed by atoms with van der Waals surface area (Å²) in [4.78, 5) is 0. The molecule has 2 rings (SSSR count). The van der Waals surface area contributed by atoms with Crippen molar-refractivity contribution in [1.82, 2.24) is 0 Å². The number of rotatable bonds is 3. The van der Waals surface area contributed by atoms with Crippen molar-refractivity contribution in [2.45, 2.75) is 12.8 Å². The normalized spacial score (nSPS) is 14.4. The number of ether oxygens (including phenoxy) is 1. The third-order valence-corrected chi connectivity index (χ3v) is 3.33. The lowest BCUT2D eigenvalue weighted by Crippen LogP contribution is -2.21. The summed E-state index contributed by atoms with van der Waals surface area (Å²) in [6.45, 7) is 0. The first-order valence-corrected chi connectivity index (χ1v) is 6.17. The summed E-state index contributed by atoms with van der Waals surface area (Å²) in [7, 11) is 1.65. The van der Waals surface area contributed by atoms with Gasteiger partial charge in [0.2, 0.25) is 5.96 Å². The monoisotopic (exact) mass is 278 g/mol. The first-order chi connectivity index (χ1) is 9.11. The molecule has 0 radical (unpaired) electrons. The number of guanidine groups is 1. The Labute approximate surface area is 116 Å². The Kier molecular flexibility index (Phi) is 4.06. The van der Waals surface area contributed by atoms with Crippen molar-refractivity contribution in [3.63, 3.8) is 0 Å². The van der Waals surface area contributed by atoms with Crippen molar-refractivity contribution in [3.05, 3.63) is 34.9 Å². The highest BCUT2D eigenvalue weighted by Gasteiger charge is 2.17. The predicted octanol–water partition coefficient (Wildman–Crippen LogP) is 1.85. The largest absolute Gasteiger partial charge is 0.497 e. The van der Waals surface area contributed by atoms with Crippen LogP contribution in [0.15, 0.2) is 34.0 Å². The molecule has 0 unspecified atom stereocenters. The van der Waals surface area contributed by atoms with Gasteiger partial charge in [-0.25, -0.2) is 0 Å². The molecule has 1 aromatic carbocycles. The fourth-order valence-electron chi connectivity index (χ4n) is 1.96. The van der Waals surface area contributed by atoms with E-state index in [1.165, 1.54) is 5.56 Å². The molecule has 0 bridgehead atoms. The second-order valence-corrected chi connectivity index (χ2v) is 4.51. The van der Waals surface area contributed by atoms with E-state index >= 15 is 0 Å². The quantitative estimate of drug-likeness (QED) is 0.503. The zero-order valence-electron chi connectivity index (χ0n) is 10.6. The Morgan fingerprint density at radius 2 is 2.16 bits per heavy atom. The summed E-state index contributed by atoms with van der Waals surface area (Å²) >= 11 is 6.36. The van der Waals surface area contributed by atoms with Crippen LogP contribution in [-0.2, 0) is 6.42 Å². The Bertz CT molecular complexity index is 574. The van der Waals surface area contributed by atoms with Gasteiger partial charge in [0.15, 0.2) is 0 Å². The molecule has 0 saturated heterocycles. The van der Waals surface area contributed by atoms with Crippen molar-refractivity contribution in [2.75, 3.05) is 7.11 Å². The maximum atomic E-state index is 6.36. The van der Waals surface area contributed by atoms with Crippen LogP contribution in [0.3, 0.4) is 0 Å². The van der Waals surface area contributed by atoms with Crippen LogP contribution in [0.2, 0.25) is 0 Å². The van der Waals surface area contributed by atoms with Crippen LogP contribution < -0.4 is 16.2 Å². The van der Waals surface area contributed by atoms with Crippen LogP contribution in [0.1, 0.15) is 17.5 Å². The minimum atomic E-state index is -0.0751. The average molecular weight is 279 g/mol. The SMILES string of the molecule is COc1ccc2c(c1)CCC(/C=N/N=C(N)N)=C2Cl. The first-order valence-electron chi connectivity index (χ1n) is 5.79. The van der Waals surface area contributed by atoms with E-state index in [0.717, 1.165) is 29.7 Å². The van der Waals surface area contributed by atoms with Crippen LogP contribution in [0.4, 0.5) is 0 Å². The lowest BCUT2D eigenvalue weighted by Gasteiger charge is -2.18. The fraction of sp³-hybridized carbons (Fsp3) is 0.231. The number of allylic oxidation sites excluding steroid dienone is 1. The highest BCUT2D eigenvalue weighted by atomic mass is 35.5. The number of fused-ring (bicyclic) bond motifs is 1. The van der Waals surface area contributed by atoms with E-state index in [4.69, 9.17) is 27.8 Å². The topological polar surface area (TPSA) is 86.0 Å². The zero-order valence-corrected chi connectivity index (χ0v) is 11.3. The minimum Gasteiger partial charge on any atom is -0.497 e. The molecular weight excluding hydrogens is 264 g/mol. The van der Waals surface area contributed by atoms with Gasteiger partial charge in [0.05, 0.1) is 18.4 Å². The van der Waals surface area contributed by atoms with Crippen LogP contribution in [0.25, 0.3) is 5.03 Å². The van der Waals surface area contributed by atoms with E-state index in [-0.39, 0.29) is 5.96 Å². The second-order valence-electron chi connectivity index (χ2n) is 4.13. The maximum Gasteiger partial charge on any atom is 0.211 e. The lowest BCUT2D eigenvalue weighted by molar-refractivity contribution is 0.414. The van der Waals surface area contributed by atoms with Gasteiger partial charge in [-0.1, -0.05) is 11.6 Å². The van der Waals surface area contributed by atoms with Crippen LogP contribution in [-0.4, -0.2) is 19.3 Å². The summed E-state index contributed by atoms with van der Waals surface area (Å²) < 4.78 is 5.20. The molecule has 1 aliphatic rings. The highest BCUT2D eigenvalue weighted by molar-refractivity contribution is 6.51. The molecule has 0 fully saturated rings. The Hall–Kier alpha value is -2.01. The van der Waals surface area contributed by atoms with Gasteiger partial charge < -0.3 is 16.2 Å². The summed E-state index contributed by atoms with van der Waals surface area (Å²) in [5.74, 6) is 0.759. The summed E-state index contributed by atoms with van der Waals surface area (Å²) in [5, 5.41) is 8.04. The molecular formula is C13H15ClN4O. The Morgan fingerprint density at radius 3 is 2.84 bits per heavy atom. The average Bonchev–Trinajstić information content (AvgIpc) is 2.40.